The number of fused-ring (bicyclic) bond motifs is 1. The summed E-state index contributed by atoms with van der Waals surface area (Å²) >= 11 is 0. The smallest absolute Gasteiger partial charge is 0.213 e. The predicted octanol–water partition coefficient (Wildman–Crippen LogP) is 1.34. The average Bonchev–Trinajstić information content (AvgIpc) is 3.12. The third-order valence-corrected chi connectivity index (χ3v) is 6.30. The minimum Gasteiger partial charge on any atom is -0.346 e. The second kappa shape index (κ2) is 5.38. The molecule has 8 nitrogen and oxygen atoms in total. The SMILES string of the molecule is CCS(=O)(=O)N1CC(n2cc(-c3ncnc4[nH]ccc34)c(C)n2)C1. The number of aromatic nitrogens is 5. The molecule has 0 spiro atoms. The molecule has 4 rings (SSSR count). The molecule has 1 N–H and O–H groups in total. The molecule has 0 unspecified atom stereocenters. The number of hydrogen-bond donors (Lipinski definition) is 1. The maximum absolute atomic E-state index is 11.8. The minimum atomic E-state index is -3.11. The third kappa shape index (κ3) is 2.31. The zero-order chi connectivity index (χ0) is 16.9. The number of nitrogens with zero attached hydrogens (tertiary/aromatic N) is 5. The molecule has 1 saturated heterocycles. The van der Waals surface area contributed by atoms with Crippen molar-refractivity contribution < 1.29 is 8.42 Å². The molecule has 1 fully saturated rings. The first-order valence-corrected chi connectivity index (χ1v) is 9.42. The lowest BCUT2D eigenvalue weighted by Crippen LogP contribution is -2.51. The van der Waals surface area contributed by atoms with Crippen molar-refractivity contribution in [3.05, 3.63) is 30.5 Å². The van der Waals surface area contributed by atoms with Gasteiger partial charge in [-0.15, -0.1) is 0 Å². The van der Waals surface area contributed by atoms with Crippen LogP contribution in [0.15, 0.2) is 24.8 Å². The number of aromatic amines is 1. The van der Waals surface area contributed by atoms with E-state index in [-0.39, 0.29) is 11.8 Å². The molecule has 1 aliphatic heterocycles. The van der Waals surface area contributed by atoms with Gasteiger partial charge in [0, 0.05) is 36.4 Å². The Kier molecular flexibility index (Phi) is 3.43. The van der Waals surface area contributed by atoms with Crippen LogP contribution in [-0.2, 0) is 10.0 Å². The molecule has 0 atom stereocenters. The molecule has 24 heavy (non-hydrogen) atoms. The topological polar surface area (TPSA) is 96.8 Å². The van der Waals surface area contributed by atoms with Crippen molar-refractivity contribution in [2.45, 2.75) is 19.9 Å². The van der Waals surface area contributed by atoms with Crippen LogP contribution in [0.5, 0.6) is 0 Å². The summed E-state index contributed by atoms with van der Waals surface area (Å²) in [6.07, 6.45) is 5.32. The standard InChI is InChI=1S/C15H18N6O2S/c1-3-24(22,23)20-6-11(7-20)21-8-13(10(2)19-21)14-12-4-5-16-15(12)18-9-17-14/h4-5,8-9,11H,3,6-7H2,1-2H3,(H,16,17,18). The largest absolute Gasteiger partial charge is 0.346 e. The number of aryl methyl sites for hydroxylation is 1. The third-order valence-electron chi connectivity index (χ3n) is 4.49. The fourth-order valence-corrected chi connectivity index (χ4v) is 4.15. The van der Waals surface area contributed by atoms with E-state index < -0.39 is 10.0 Å². The molecule has 4 heterocycles. The normalized spacial score (nSPS) is 16.6. The van der Waals surface area contributed by atoms with Crippen LogP contribution in [0.25, 0.3) is 22.3 Å². The number of rotatable bonds is 4. The summed E-state index contributed by atoms with van der Waals surface area (Å²) in [5, 5.41) is 5.52. The molecule has 0 aliphatic carbocycles. The number of nitrogens with one attached hydrogen (secondary N) is 1. The number of H-pyrrole nitrogens is 1. The summed E-state index contributed by atoms with van der Waals surface area (Å²) in [6, 6.07) is 2.02. The van der Waals surface area contributed by atoms with E-state index in [9.17, 15) is 8.42 Å². The van der Waals surface area contributed by atoms with Crippen LogP contribution >= 0.6 is 0 Å². The summed E-state index contributed by atoms with van der Waals surface area (Å²) in [5.41, 5.74) is 3.44. The molecule has 9 heteroatoms. The Bertz CT molecular complexity index is 1000. The van der Waals surface area contributed by atoms with Crippen LogP contribution in [0.3, 0.4) is 0 Å². The summed E-state index contributed by atoms with van der Waals surface area (Å²) in [5.74, 6) is 0.134. The molecular formula is C15H18N6O2S. The zero-order valence-electron chi connectivity index (χ0n) is 13.5. The van der Waals surface area contributed by atoms with Gasteiger partial charge in [-0.3, -0.25) is 4.68 Å². The number of hydrogen-bond acceptors (Lipinski definition) is 5. The molecule has 3 aromatic heterocycles. The van der Waals surface area contributed by atoms with Gasteiger partial charge in [0.05, 0.1) is 23.2 Å². The molecule has 0 bridgehead atoms. The molecule has 0 radical (unpaired) electrons. The van der Waals surface area contributed by atoms with Crippen LogP contribution in [0.4, 0.5) is 0 Å². The van der Waals surface area contributed by atoms with Crippen LogP contribution in [0.1, 0.15) is 18.7 Å². The van der Waals surface area contributed by atoms with Gasteiger partial charge in [-0.2, -0.15) is 9.40 Å². The van der Waals surface area contributed by atoms with Gasteiger partial charge in [-0.05, 0) is 19.9 Å². The van der Waals surface area contributed by atoms with Gasteiger partial charge in [0.2, 0.25) is 10.0 Å². The fourth-order valence-electron chi connectivity index (χ4n) is 2.98. The summed E-state index contributed by atoms with van der Waals surface area (Å²) in [6.45, 7) is 4.54. The van der Waals surface area contributed by atoms with Crippen molar-refractivity contribution in [1.29, 1.82) is 0 Å². The monoisotopic (exact) mass is 346 g/mol. The average molecular weight is 346 g/mol. The Hall–Kier alpha value is -2.26. The summed E-state index contributed by atoms with van der Waals surface area (Å²) < 4.78 is 27.0. The second-order valence-electron chi connectivity index (χ2n) is 5.94. The van der Waals surface area contributed by atoms with E-state index in [1.165, 1.54) is 10.6 Å². The highest BCUT2D eigenvalue weighted by molar-refractivity contribution is 7.89. The predicted molar refractivity (Wildman–Crippen MR) is 89.9 cm³/mol. The maximum Gasteiger partial charge on any atom is 0.213 e. The van der Waals surface area contributed by atoms with Gasteiger partial charge in [-0.25, -0.2) is 18.4 Å². The van der Waals surface area contributed by atoms with Gasteiger partial charge < -0.3 is 4.98 Å². The van der Waals surface area contributed by atoms with Crippen LogP contribution in [-0.4, -0.2) is 56.3 Å². The van der Waals surface area contributed by atoms with Crippen molar-refractivity contribution in [1.82, 2.24) is 29.0 Å². The highest BCUT2D eigenvalue weighted by Gasteiger charge is 2.36. The van der Waals surface area contributed by atoms with E-state index in [1.807, 2.05) is 30.1 Å². The minimum absolute atomic E-state index is 0.0716. The highest BCUT2D eigenvalue weighted by atomic mass is 32.2. The van der Waals surface area contributed by atoms with Crippen molar-refractivity contribution in [3.63, 3.8) is 0 Å². The first-order chi connectivity index (χ1) is 11.5. The van der Waals surface area contributed by atoms with Gasteiger partial charge in [0.1, 0.15) is 12.0 Å². The Morgan fingerprint density at radius 3 is 2.88 bits per heavy atom. The molecule has 3 aromatic rings. The quantitative estimate of drug-likeness (QED) is 0.769. The van der Waals surface area contributed by atoms with E-state index >= 15 is 0 Å². The van der Waals surface area contributed by atoms with Crippen LogP contribution in [0.2, 0.25) is 0 Å². The first-order valence-electron chi connectivity index (χ1n) is 7.81. The lowest BCUT2D eigenvalue weighted by atomic mass is 10.1. The Morgan fingerprint density at radius 2 is 2.12 bits per heavy atom. The molecule has 0 aromatic carbocycles. The van der Waals surface area contributed by atoms with Crippen LogP contribution < -0.4 is 0 Å². The number of sulfonamides is 1. The van der Waals surface area contributed by atoms with Gasteiger partial charge in [0.15, 0.2) is 0 Å². The van der Waals surface area contributed by atoms with Gasteiger partial charge >= 0.3 is 0 Å². The first kappa shape index (κ1) is 15.3. The van der Waals surface area contributed by atoms with Crippen molar-refractivity contribution in [2.24, 2.45) is 0 Å². The van der Waals surface area contributed by atoms with E-state index in [2.05, 4.69) is 20.1 Å². The molecule has 0 saturated carbocycles. The molecule has 126 valence electrons. The zero-order valence-corrected chi connectivity index (χ0v) is 14.3. The van der Waals surface area contributed by atoms with Gasteiger partial charge in [-0.1, -0.05) is 0 Å². The molecular weight excluding hydrogens is 328 g/mol. The van der Waals surface area contributed by atoms with E-state index in [0.29, 0.717) is 13.1 Å². The van der Waals surface area contributed by atoms with E-state index in [0.717, 1.165) is 28.0 Å². The van der Waals surface area contributed by atoms with Crippen molar-refractivity contribution in [2.75, 3.05) is 18.8 Å². The summed E-state index contributed by atoms with van der Waals surface area (Å²) in [7, 11) is -3.11. The Balaban J connectivity index is 1.64. The Labute approximate surface area is 139 Å². The van der Waals surface area contributed by atoms with E-state index in [4.69, 9.17) is 0 Å². The fraction of sp³-hybridized carbons (Fsp3) is 0.400. The van der Waals surface area contributed by atoms with Crippen LogP contribution in [0, 0.1) is 6.92 Å². The second-order valence-corrected chi connectivity index (χ2v) is 8.20. The summed E-state index contributed by atoms with van der Waals surface area (Å²) in [4.78, 5) is 11.7. The molecule has 1 aliphatic rings. The molecule has 0 amide bonds. The van der Waals surface area contributed by atoms with Crippen molar-refractivity contribution in [3.8, 4) is 11.3 Å². The van der Waals surface area contributed by atoms with Crippen molar-refractivity contribution >= 4 is 21.1 Å². The lowest BCUT2D eigenvalue weighted by molar-refractivity contribution is 0.191. The van der Waals surface area contributed by atoms with Gasteiger partial charge in [0.25, 0.3) is 0 Å². The highest BCUT2D eigenvalue weighted by Crippen LogP contribution is 2.30. The lowest BCUT2D eigenvalue weighted by Gasteiger charge is -2.37. The maximum atomic E-state index is 11.8. The van der Waals surface area contributed by atoms with E-state index in [1.54, 1.807) is 6.92 Å². The Morgan fingerprint density at radius 1 is 1.33 bits per heavy atom.